The van der Waals surface area contributed by atoms with Gasteiger partial charge in [-0.05, 0) is 42.0 Å². The Kier molecular flexibility index (Phi) is 7.30. The first kappa shape index (κ1) is 22.4. The van der Waals surface area contributed by atoms with Gasteiger partial charge in [0.15, 0.2) is 11.5 Å². The average Bonchev–Trinajstić information content (AvgIpc) is 2.81. The van der Waals surface area contributed by atoms with Gasteiger partial charge in [0, 0.05) is 16.3 Å². The van der Waals surface area contributed by atoms with Gasteiger partial charge in [-0.2, -0.15) is 0 Å². The molecule has 0 bridgehead atoms. The molecule has 2 aromatic rings. The predicted octanol–water partition coefficient (Wildman–Crippen LogP) is 3.29. The summed E-state index contributed by atoms with van der Waals surface area (Å²) < 4.78 is 20.8. The van der Waals surface area contributed by atoms with Crippen LogP contribution < -0.4 is 24.8 Å². The summed E-state index contributed by atoms with van der Waals surface area (Å²) in [6.45, 7) is 0. The average molecular weight is 445 g/mol. The lowest BCUT2D eigenvalue weighted by Gasteiger charge is -2.29. The van der Waals surface area contributed by atoms with Gasteiger partial charge in [0.25, 0.3) is 0 Å². The molecule has 2 aromatic carbocycles. The summed E-state index contributed by atoms with van der Waals surface area (Å²) in [5, 5.41) is 5.55. The van der Waals surface area contributed by atoms with Crippen LogP contribution in [0, 0.1) is 0 Å². The van der Waals surface area contributed by atoms with Crippen LogP contribution in [0.15, 0.2) is 58.6 Å². The fraction of sp³-hybridized carbons (Fsp3) is 0.273. The highest BCUT2D eigenvalue weighted by molar-refractivity contribution is 7.99. The van der Waals surface area contributed by atoms with Crippen LogP contribution in [0.4, 0.5) is 4.79 Å². The monoisotopic (exact) mass is 444 g/mol. The van der Waals surface area contributed by atoms with Crippen molar-refractivity contribution in [3.05, 3.63) is 59.3 Å². The van der Waals surface area contributed by atoms with Crippen LogP contribution in [0.2, 0.25) is 0 Å². The molecule has 2 amide bonds. The molecule has 3 rings (SSSR count). The molecule has 0 spiro atoms. The van der Waals surface area contributed by atoms with E-state index in [0.29, 0.717) is 34.1 Å². The number of carbonyl (C=O) groups is 2. The maximum atomic E-state index is 12.7. The zero-order valence-electron chi connectivity index (χ0n) is 17.7. The molecule has 1 aliphatic heterocycles. The molecule has 1 aliphatic rings. The molecule has 1 heterocycles. The molecule has 0 fully saturated rings. The van der Waals surface area contributed by atoms with Crippen LogP contribution in [0.5, 0.6) is 17.2 Å². The number of nitrogens with one attached hydrogen (secondary N) is 2. The largest absolute Gasteiger partial charge is 0.497 e. The summed E-state index contributed by atoms with van der Waals surface area (Å²) in [5.41, 5.74) is 1.48. The second-order valence-corrected chi connectivity index (χ2v) is 7.54. The van der Waals surface area contributed by atoms with E-state index < -0.39 is 18.0 Å². The molecular weight excluding hydrogens is 420 g/mol. The molecule has 164 valence electrons. The first-order valence-corrected chi connectivity index (χ1v) is 10.4. The first-order chi connectivity index (χ1) is 15.0. The van der Waals surface area contributed by atoms with Crippen LogP contribution in [0.25, 0.3) is 0 Å². The Morgan fingerprint density at radius 1 is 0.968 bits per heavy atom. The number of urea groups is 1. The summed E-state index contributed by atoms with van der Waals surface area (Å²) in [6.07, 6.45) is 0. The molecule has 0 radical (unpaired) electrons. The summed E-state index contributed by atoms with van der Waals surface area (Å²) in [5.74, 6) is 1.63. The van der Waals surface area contributed by atoms with Crippen molar-refractivity contribution in [2.24, 2.45) is 0 Å². The fourth-order valence-electron chi connectivity index (χ4n) is 3.19. The highest BCUT2D eigenvalue weighted by atomic mass is 32.2. The lowest BCUT2D eigenvalue weighted by molar-refractivity contribution is -0.136. The highest BCUT2D eigenvalue weighted by Crippen LogP contribution is 2.35. The lowest BCUT2D eigenvalue weighted by Crippen LogP contribution is -2.46. The number of esters is 1. The highest BCUT2D eigenvalue weighted by Gasteiger charge is 2.34. The van der Waals surface area contributed by atoms with E-state index in [2.05, 4.69) is 10.6 Å². The van der Waals surface area contributed by atoms with Crippen molar-refractivity contribution in [3.8, 4) is 17.2 Å². The van der Waals surface area contributed by atoms with Gasteiger partial charge in [0.1, 0.15) is 5.75 Å². The molecular formula is C22H24N2O6S. The third-order valence-electron chi connectivity index (χ3n) is 4.74. The Bertz CT molecular complexity index is 990. The van der Waals surface area contributed by atoms with Gasteiger partial charge in [-0.25, -0.2) is 9.59 Å². The number of ether oxygens (including phenoxy) is 4. The Labute approximate surface area is 184 Å². The van der Waals surface area contributed by atoms with E-state index in [1.54, 1.807) is 25.3 Å². The normalized spacial score (nSPS) is 15.6. The van der Waals surface area contributed by atoms with Gasteiger partial charge in [-0.15, -0.1) is 11.8 Å². The minimum absolute atomic E-state index is 0.329. The van der Waals surface area contributed by atoms with E-state index in [0.717, 1.165) is 10.6 Å². The summed E-state index contributed by atoms with van der Waals surface area (Å²) in [7, 11) is 5.98. The van der Waals surface area contributed by atoms with Crippen LogP contribution in [0.3, 0.4) is 0 Å². The van der Waals surface area contributed by atoms with Crippen LogP contribution in [-0.4, -0.2) is 46.2 Å². The topological polar surface area (TPSA) is 95.1 Å². The molecule has 0 aromatic heterocycles. The molecule has 0 saturated heterocycles. The van der Waals surface area contributed by atoms with Crippen molar-refractivity contribution >= 4 is 23.8 Å². The molecule has 0 aliphatic carbocycles. The number of methoxy groups -OCH3 is 4. The molecule has 0 saturated carbocycles. The number of benzene rings is 2. The quantitative estimate of drug-likeness (QED) is 0.477. The number of thioether (sulfide) groups is 1. The van der Waals surface area contributed by atoms with Gasteiger partial charge in [-0.1, -0.05) is 6.07 Å². The van der Waals surface area contributed by atoms with Gasteiger partial charge in [0.2, 0.25) is 0 Å². The molecule has 8 nitrogen and oxygen atoms in total. The minimum atomic E-state index is -0.701. The van der Waals surface area contributed by atoms with Gasteiger partial charge >= 0.3 is 12.0 Å². The maximum Gasteiger partial charge on any atom is 0.338 e. The van der Waals surface area contributed by atoms with E-state index >= 15 is 0 Å². The fourth-order valence-corrected chi connectivity index (χ4v) is 4.06. The molecule has 2 N–H and O–H groups in total. The van der Waals surface area contributed by atoms with E-state index in [4.69, 9.17) is 18.9 Å². The number of hydrogen-bond acceptors (Lipinski definition) is 7. The lowest BCUT2D eigenvalue weighted by atomic mass is 9.95. The van der Waals surface area contributed by atoms with Crippen molar-refractivity contribution in [1.29, 1.82) is 0 Å². The van der Waals surface area contributed by atoms with Crippen molar-refractivity contribution in [2.45, 2.75) is 10.9 Å². The van der Waals surface area contributed by atoms with Gasteiger partial charge < -0.3 is 29.6 Å². The van der Waals surface area contributed by atoms with E-state index in [1.807, 2.05) is 24.3 Å². The first-order valence-electron chi connectivity index (χ1n) is 9.38. The van der Waals surface area contributed by atoms with E-state index in [1.165, 1.54) is 33.1 Å². The Balaban J connectivity index is 1.96. The van der Waals surface area contributed by atoms with Crippen LogP contribution in [0.1, 0.15) is 11.6 Å². The van der Waals surface area contributed by atoms with E-state index in [9.17, 15) is 9.59 Å². The SMILES string of the molecule is COC(=O)C1=C(CSc2ccc(OC)cc2)NC(=O)NC1c1ccc(OC)c(OC)c1. The smallest absolute Gasteiger partial charge is 0.338 e. The van der Waals surface area contributed by atoms with Crippen molar-refractivity contribution in [2.75, 3.05) is 34.2 Å². The zero-order valence-corrected chi connectivity index (χ0v) is 18.5. The van der Waals surface area contributed by atoms with Crippen molar-refractivity contribution in [3.63, 3.8) is 0 Å². The maximum absolute atomic E-state index is 12.7. The zero-order chi connectivity index (χ0) is 22.4. The molecule has 9 heteroatoms. The Morgan fingerprint density at radius 2 is 1.68 bits per heavy atom. The number of amides is 2. The number of carbonyl (C=O) groups excluding carboxylic acids is 2. The van der Waals surface area contributed by atoms with Crippen LogP contribution >= 0.6 is 11.8 Å². The summed E-state index contributed by atoms with van der Waals surface area (Å²) >= 11 is 1.48. The molecule has 1 unspecified atom stereocenters. The van der Waals surface area contributed by atoms with Crippen molar-refractivity contribution in [1.82, 2.24) is 10.6 Å². The molecule has 31 heavy (non-hydrogen) atoms. The Morgan fingerprint density at radius 3 is 2.29 bits per heavy atom. The summed E-state index contributed by atoms with van der Waals surface area (Å²) in [4.78, 5) is 26.0. The van der Waals surface area contributed by atoms with Crippen LogP contribution in [-0.2, 0) is 9.53 Å². The number of hydrogen-bond donors (Lipinski definition) is 2. The molecule has 1 atom stereocenters. The minimum Gasteiger partial charge on any atom is -0.497 e. The van der Waals surface area contributed by atoms with Crippen molar-refractivity contribution < 1.29 is 28.5 Å². The van der Waals surface area contributed by atoms with Gasteiger partial charge in [0.05, 0.1) is 40.1 Å². The van der Waals surface area contributed by atoms with E-state index in [-0.39, 0.29) is 0 Å². The predicted molar refractivity (Wildman–Crippen MR) is 117 cm³/mol. The summed E-state index contributed by atoms with van der Waals surface area (Å²) in [6, 6.07) is 11.7. The second-order valence-electron chi connectivity index (χ2n) is 6.49. The Hall–Kier alpha value is -3.33. The second kappa shape index (κ2) is 10.1. The van der Waals surface area contributed by atoms with Gasteiger partial charge in [-0.3, -0.25) is 0 Å². The third-order valence-corrected chi connectivity index (χ3v) is 5.78. The standard InChI is InChI=1S/C22H24N2O6S/c1-27-14-6-8-15(9-7-14)31-12-16-19(21(25)30-4)20(24-22(26)23-16)13-5-10-17(28-2)18(11-13)29-3/h5-11,20H,12H2,1-4H3,(H2,23,24,26). The number of rotatable bonds is 8. The third kappa shape index (κ3) is 5.05.